The highest BCUT2D eigenvalue weighted by Gasteiger charge is 2.16. The number of furan rings is 1. The molecule has 0 saturated heterocycles. The second-order valence-electron chi connectivity index (χ2n) is 3.99. The van der Waals surface area contributed by atoms with Crippen LogP contribution in [0.3, 0.4) is 0 Å². The maximum absolute atomic E-state index is 5.32. The number of rotatable bonds is 6. The second kappa shape index (κ2) is 6.38. The zero-order valence-corrected chi connectivity index (χ0v) is 12.2. The molecule has 2 aromatic heterocycles. The Labute approximate surface area is 114 Å². The van der Waals surface area contributed by atoms with Gasteiger partial charge < -0.3 is 9.73 Å². The van der Waals surface area contributed by atoms with Gasteiger partial charge in [0.25, 0.3) is 0 Å². The summed E-state index contributed by atoms with van der Waals surface area (Å²) in [6, 6.07) is 4.53. The van der Waals surface area contributed by atoms with Crippen molar-refractivity contribution in [1.82, 2.24) is 5.32 Å². The van der Waals surface area contributed by atoms with E-state index in [9.17, 15) is 0 Å². The smallest absolute Gasteiger partial charge is 0.173 e. The third-order valence-electron chi connectivity index (χ3n) is 2.68. The van der Waals surface area contributed by atoms with E-state index in [2.05, 4.69) is 45.0 Å². The van der Waals surface area contributed by atoms with Crippen molar-refractivity contribution in [2.45, 2.75) is 25.8 Å². The third-order valence-corrected chi connectivity index (χ3v) is 4.06. The van der Waals surface area contributed by atoms with Crippen LogP contribution in [-0.2, 0) is 6.42 Å². The van der Waals surface area contributed by atoms with Crippen LogP contribution in [0.15, 0.2) is 38.2 Å². The molecule has 0 aliphatic heterocycles. The summed E-state index contributed by atoms with van der Waals surface area (Å²) >= 11 is 5.20. The van der Waals surface area contributed by atoms with Gasteiger partial charge in [0.1, 0.15) is 0 Å². The van der Waals surface area contributed by atoms with Crippen LogP contribution in [0.25, 0.3) is 0 Å². The molecule has 0 aliphatic rings. The third kappa shape index (κ3) is 3.44. The summed E-state index contributed by atoms with van der Waals surface area (Å²) in [5, 5.41) is 7.89. The molecule has 2 aromatic rings. The van der Waals surface area contributed by atoms with E-state index in [4.69, 9.17) is 4.42 Å². The quantitative estimate of drug-likeness (QED) is 0.855. The number of hydrogen-bond donors (Lipinski definition) is 1. The van der Waals surface area contributed by atoms with Crippen molar-refractivity contribution in [2.24, 2.45) is 0 Å². The molecule has 0 aromatic carbocycles. The minimum Gasteiger partial charge on any atom is -0.457 e. The van der Waals surface area contributed by atoms with Gasteiger partial charge in [-0.15, -0.1) is 0 Å². The van der Waals surface area contributed by atoms with E-state index in [0.29, 0.717) is 6.04 Å². The van der Waals surface area contributed by atoms with Crippen molar-refractivity contribution >= 4 is 27.3 Å². The molecule has 2 rings (SSSR count). The van der Waals surface area contributed by atoms with Gasteiger partial charge in [-0.3, -0.25) is 0 Å². The van der Waals surface area contributed by atoms with Crippen LogP contribution in [0.5, 0.6) is 0 Å². The van der Waals surface area contributed by atoms with Gasteiger partial charge in [0.05, 0.1) is 6.26 Å². The molecule has 1 N–H and O–H groups in total. The molecule has 0 amide bonds. The highest BCUT2D eigenvalue weighted by molar-refractivity contribution is 9.10. The standard InChI is InChI=1S/C13H16BrNOS/c1-2-5-15-12(8-10-4-7-17-9-10)11-3-6-16-13(11)14/h3-4,6-7,9,12,15H,2,5,8H2,1H3. The average Bonchev–Trinajstić information content (AvgIpc) is 2.95. The lowest BCUT2D eigenvalue weighted by molar-refractivity contribution is 0.498. The SMILES string of the molecule is CCCNC(Cc1ccsc1)c1ccoc1Br. The minimum absolute atomic E-state index is 0.317. The first-order valence-corrected chi connectivity index (χ1v) is 7.52. The predicted molar refractivity (Wildman–Crippen MR) is 75.5 cm³/mol. The van der Waals surface area contributed by atoms with E-state index < -0.39 is 0 Å². The monoisotopic (exact) mass is 313 g/mol. The van der Waals surface area contributed by atoms with E-state index in [1.807, 2.05) is 6.07 Å². The molecule has 0 radical (unpaired) electrons. The van der Waals surface area contributed by atoms with Gasteiger partial charge >= 0.3 is 0 Å². The molecule has 0 saturated carbocycles. The van der Waals surface area contributed by atoms with Crippen LogP contribution >= 0.6 is 27.3 Å². The molecule has 0 bridgehead atoms. The highest BCUT2D eigenvalue weighted by Crippen LogP contribution is 2.27. The van der Waals surface area contributed by atoms with Crippen LogP contribution < -0.4 is 5.32 Å². The lowest BCUT2D eigenvalue weighted by Gasteiger charge is -2.17. The summed E-state index contributed by atoms with van der Waals surface area (Å²) in [5.74, 6) is 0. The van der Waals surface area contributed by atoms with Crippen molar-refractivity contribution in [2.75, 3.05) is 6.54 Å². The Hall–Kier alpha value is -0.580. The van der Waals surface area contributed by atoms with Crippen LogP contribution in [0.2, 0.25) is 0 Å². The van der Waals surface area contributed by atoms with Crippen molar-refractivity contribution in [1.29, 1.82) is 0 Å². The van der Waals surface area contributed by atoms with E-state index in [1.165, 1.54) is 11.1 Å². The Balaban J connectivity index is 2.11. The first-order chi connectivity index (χ1) is 8.31. The van der Waals surface area contributed by atoms with Crippen LogP contribution in [0.4, 0.5) is 0 Å². The fraction of sp³-hybridized carbons (Fsp3) is 0.385. The van der Waals surface area contributed by atoms with Gasteiger partial charge in [0.2, 0.25) is 0 Å². The van der Waals surface area contributed by atoms with Crippen molar-refractivity contribution in [3.8, 4) is 0 Å². The lowest BCUT2D eigenvalue weighted by Crippen LogP contribution is -2.23. The van der Waals surface area contributed by atoms with Crippen LogP contribution in [0, 0.1) is 0 Å². The fourth-order valence-electron chi connectivity index (χ4n) is 1.81. The Morgan fingerprint density at radius 3 is 2.94 bits per heavy atom. The predicted octanol–water partition coefficient (Wildman–Crippen LogP) is 4.39. The van der Waals surface area contributed by atoms with Gasteiger partial charge in [-0.2, -0.15) is 11.3 Å². The molecule has 1 unspecified atom stereocenters. The lowest BCUT2D eigenvalue weighted by atomic mass is 10.0. The maximum atomic E-state index is 5.32. The van der Waals surface area contributed by atoms with Gasteiger partial charge in [-0.05, 0) is 63.8 Å². The molecule has 2 nitrogen and oxygen atoms in total. The molecule has 92 valence electrons. The molecule has 4 heteroatoms. The van der Waals surface area contributed by atoms with Crippen molar-refractivity contribution in [3.63, 3.8) is 0 Å². The summed E-state index contributed by atoms with van der Waals surface area (Å²) in [4.78, 5) is 0. The molecule has 17 heavy (non-hydrogen) atoms. The Kier molecular flexibility index (Phi) is 4.83. The molecule has 0 spiro atoms. The summed E-state index contributed by atoms with van der Waals surface area (Å²) in [6.45, 7) is 3.20. The minimum atomic E-state index is 0.317. The maximum Gasteiger partial charge on any atom is 0.173 e. The molecular formula is C13H16BrNOS. The molecule has 2 heterocycles. The van der Waals surface area contributed by atoms with Crippen LogP contribution in [-0.4, -0.2) is 6.54 Å². The summed E-state index contributed by atoms with van der Waals surface area (Å²) in [7, 11) is 0. The Morgan fingerprint density at radius 1 is 1.47 bits per heavy atom. The first kappa shape index (κ1) is 12.9. The van der Waals surface area contributed by atoms with Crippen molar-refractivity contribution < 1.29 is 4.42 Å². The van der Waals surface area contributed by atoms with Crippen LogP contribution in [0.1, 0.15) is 30.5 Å². The van der Waals surface area contributed by atoms with E-state index >= 15 is 0 Å². The molecular weight excluding hydrogens is 298 g/mol. The number of halogens is 1. The summed E-state index contributed by atoms with van der Waals surface area (Å²) in [5.41, 5.74) is 2.57. The number of hydrogen-bond acceptors (Lipinski definition) is 3. The Bertz CT molecular complexity index is 438. The van der Waals surface area contributed by atoms with Gasteiger partial charge in [-0.25, -0.2) is 0 Å². The number of thiophene rings is 1. The second-order valence-corrected chi connectivity index (χ2v) is 5.49. The number of nitrogens with one attached hydrogen (secondary N) is 1. The van der Waals surface area contributed by atoms with Gasteiger partial charge in [-0.1, -0.05) is 6.92 Å². The summed E-state index contributed by atoms with van der Waals surface area (Å²) < 4.78 is 6.16. The normalized spacial score (nSPS) is 12.8. The van der Waals surface area contributed by atoms with Gasteiger partial charge in [0.15, 0.2) is 4.67 Å². The fourth-order valence-corrected chi connectivity index (χ4v) is 3.01. The van der Waals surface area contributed by atoms with E-state index in [1.54, 1.807) is 17.6 Å². The topological polar surface area (TPSA) is 25.2 Å². The zero-order valence-electron chi connectivity index (χ0n) is 9.78. The molecule has 0 fully saturated rings. The van der Waals surface area contributed by atoms with Gasteiger partial charge in [0, 0.05) is 11.6 Å². The molecule has 1 atom stereocenters. The highest BCUT2D eigenvalue weighted by atomic mass is 79.9. The zero-order chi connectivity index (χ0) is 12.1. The van der Waals surface area contributed by atoms with E-state index in [0.717, 1.165) is 24.1 Å². The van der Waals surface area contributed by atoms with E-state index in [-0.39, 0.29) is 0 Å². The Morgan fingerprint density at radius 2 is 2.35 bits per heavy atom. The van der Waals surface area contributed by atoms with Crippen molar-refractivity contribution in [3.05, 3.63) is 45.0 Å². The largest absolute Gasteiger partial charge is 0.457 e. The summed E-state index contributed by atoms with van der Waals surface area (Å²) in [6.07, 6.45) is 3.87. The average molecular weight is 314 g/mol. The molecule has 0 aliphatic carbocycles. The first-order valence-electron chi connectivity index (χ1n) is 5.78.